The maximum atomic E-state index is 12.8. The van der Waals surface area contributed by atoms with E-state index in [9.17, 15) is 8.42 Å². The van der Waals surface area contributed by atoms with Gasteiger partial charge in [-0.2, -0.15) is 4.31 Å². The van der Waals surface area contributed by atoms with E-state index in [0.29, 0.717) is 28.5 Å². The van der Waals surface area contributed by atoms with Crippen LogP contribution in [0.5, 0.6) is 0 Å². The molecule has 0 aliphatic heterocycles. The smallest absolute Gasteiger partial charge is 0.244 e. The van der Waals surface area contributed by atoms with E-state index < -0.39 is 10.0 Å². The number of hydrogen-bond acceptors (Lipinski definition) is 3. The average Bonchev–Trinajstić information content (AvgIpc) is 2.37. The Labute approximate surface area is 137 Å². The van der Waals surface area contributed by atoms with Gasteiger partial charge in [0.25, 0.3) is 0 Å². The number of sulfonamides is 1. The average molecular weight is 377 g/mol. The van der Waals surface area contributed by atoms with Crippen molar-refractivity contribution >= 4 is 26.0 Å². The van der Waals surface area contributed by atoms with Gasteiger partial charge in [0.15, 0.2) is 0 Å². The van der Waals surface area contributed by atoms with Crippen molar-refractivity contribution in [2.75, 3.05) is 6.54 Å². The van der Waals surface area contributed by atoms with E-state index in [1.165, 1.54) is 4.31 Å². The quantitative estimate of drug-likeness (QED) is 0.793. The summed E-state index contributed by atoms with van der Waals surface area (Å²) in [4.78, 5) is 0.334. The molecule has 0 aromatic heterocycles. The third-order valence-electron chi connectivity index (χ3n) is 3.18. The molecule has 6 heteroatoms. The Hall–Kier alpha value is -0.430. The maximum Gasteiger partial charge on any atom is 0.244 e. The number of hydrogen-bond donors (Lipinski definition) is 1. The molecular formula is C15H25BrN2O2S. The van der Waals surface area contributed by atoms with Crippen molar-refractivity contribution in [3.63, 3.8) is 0 Å². The van der Waals surface area contributed by atoms with E-state index in [4.69, 9.17) is 0 Å². The highest BCUT2D eigenvalue weighted by atomic mass is 79.9. The molecule has 1 N–H and O–H groups in total. The van der Waals surface area contributed by atoms with Crippen LogP contribution in [0.2, 0.25) is 0 Å². The molecule has 0 saturated carbocycles. The lowest BCUT2D eigenvalue weighted by molar-refractivity contribution is 0.369. The van der Waals surface area contributed by atoms with Crippen LogP contribution in [0.1, 0.15) is 40.2 Å². The van der Waals surface area contributed by atoms with E-state index >= 15 is 0 Å². The van der Waals surface area contributed by atoms with E-state index in [0.717, 1.165) is 5.56 Å². The van der Waals surface area contributed by atoms with Gasteiger partial charge in [-0.1, -0.05) is 26.8 Å². The largest absolute Gasteiger partial charge is 0.310 e. The van der Waals surface area contributed by atoms with Gasteiger partial charge in [-0.25, -0.2) is 8.42 Å². The molecule has 0 aliphatic rings. The minimum absolute atomic E-state index is 0.0654. The second-order valence-corrected chi connectivity index (χ2v) is 8.32. The van der Waals surface area contributed by atoms with E-state index in [1.807, 2.05) is 26.8 Å². The number of halogens is 1. The summed E-state index contributed by atoms with van der Waals surface area (Å²) in [6, 6.07) is 5.78. The van der Waals surface area contributed by atoms with Crippen molar-refractivity contribution in [2.45, 2.75) is 58.1 Å². The van der Waals surface area contributed by atoms with Crippen LogP contribution in [0.15, 0.2) is 27.6 Å². The second-order valence-electron chi connectivity index (χ2n) is 5.60. The molecule has 4 nitrogen and oxygen atoms in total. The summed E-state index contributed by atoms with van der Waals surface area (Å²) >= 11 is 3.37. The number of nitrogens with one attached hydrogen (secondary N) is 1. The molecular weight excluding hydrogens is 352 g/mol. The fraction of sp³-hybridized carbons (Fsp3) is 0.600. The Kier molecular flexibility index (Phi) is 6.84. The van der Waals surface area contributed by atoms with E-state index in [2.05, 4.69) is 35.1 Å². The van der Waals surface area contributed by atoms with Crippen LogP contribution in [-0.2, 0) is 16.6 Å². The molecule has 0 unspecified atom stereocenters. The Morgan fingerprint density at radius 3 is 2.33 bits per heavy atom. The summed E-state index contributed by atoms with van der Waals surface area (Å²) in [5, 5.41) is 3.30. The molecule has 0 amide bonds. The number of rotatable bonds is 7. The molecule has 1 aromatic rings. The molecule has 0 aliphatic carbocycles. The fourth-order valence-corrected chi connectivity index (χ4v) is 4.74. The van der Waals surface area contributed by atoms with Crippen LogP contribution in [0.25, 0.3) is 0 Å². The third-order valence-corrected chi connectivity index (χ3v) is 6.33. The Balaban J connectivity index is 3.19. The summed E-state index contributed by atoms with van der Waals surface area (Å²) in [7, 11) is -3.48. The lowest BCUT2D eigenvalue weighted by Crippen LogP contribution is -2.36. The SMILES string of the molecule is CCN(C(C)C)S(=O)(=O)c1cc(CNC(C)C)ccc1Br. The van der Waals surface area contributed by atoms with Gasteiger partial charge in [-0.15, -0.1) is 0 Å². The zero-order valence-corrected chi connectivity index (χ0v) is 15.8. The molecule has 1 rings (SSSR count). The minimum atomic E-state index is -3.48. The lowest BCUT2D eigenvalue weighted by atomic mass is 10.2. The highest BCUT2D eigenvalue weighted by Gasteiger charge is 2.27. The fourth-order valence-electron chi connectivity index (χ4n) is 2.12. The molecule has 0 spiro atoms. The van der Waals surface area contributed by atoms with Gasteiger partial charge in [0.1, 0.15) is 0 Å². The minimum Gasteiger partial charge on any atom is -0.310 e. The van der Waals surface area contributed by atoms with Crippen LogP contribution in [0, 0.1) is 0 Å². The topological polar surface area (TPSA) is 49.4 Å². The molecule has 0 radical (unpaired) electrons. The molecule has 1 aromatic carbocycles. The first-order chi connectivity index (χ1) is 9.70. The first-order valence-electron chi connectivity index (χ1n) is 7.23. The standard InChI is InChI=1S/C15H25BrN2O2S/c1-6-18(12(4)5)21(19,20)15-9-13(7-8-14(15)16)10-17-11(2)3/h7-9,11-12,17H,6,10H2,1-5H3. The molecule has 0 heterocycles. The van der Waals surface area contributed by atoms with E-state index in [1.54, 1.807) is 12.1 Å². The van der Waals surface area contributed by atoms with E-state index in [-0.39, 0.29) is 6.04 Å². The summed E-state index contributed by atoms with van der Waals surface area (Å²) in [5.41, 5.74) is 0.963. The third kappa shape index (κ3) is 4.77. The maximum absolute atomic E-state index is 12.8. The molecule has 0 bridgehead atoms. The summed E-state index contributed by atoms with van der Waals surface area (Å²) in [6.45, 7) is 10.9. The Morgan fingerprint density at radius 1 is 1.24 bits per heavy atom. The summed E-state index contributed by atoms with van der Waals surface area (Å²) in [5.74, 6) is 0. The Bertz CT molecular complexity index is 571. The Morgan fingerprint density at radius 2 is 1.86 bits per heavy atom. The predicted octanol–water partition coefficient (Wildman–Crippen LogP) is 3.37. The molecule has 0 saturated heterocycles. The van der Waals surface area contributed by atoms with Gasteiger partial charge in [0, 0.05) is 29.6 Å². The second kappa shape index (κ2) is 7.72. The number of nitrogens with zero attached hydrogens (tertiary/aromatic N) is 1. The summed E-state index contributed by atoms with van der Waals surface area (Å²) in [6.07, 6.45) is 0. The van der Waals surface area contributed by atoms with Crippen LogP contribution >= 0.6 is 15.9 Å². The van der Waals surface area contributed by atoms with Crippen molar-refractivity contribution in [3.8, 4) is 0 Å². The summed E-state index contributed by atoms with van der Waals surface area (Å²) < 4.78 is 27.7. The number of benzene rings is 1. The van der Waals surface area contributed by atoms with Gasteiger partial charge < -0.3 is 5.32 Å². The first-order valence-corrected chi connectivity index (χ1v) is 9.47. The molecule has 21 heavy (non-hydrogen) atoms. The van der Waals surface area contributed by atoms with Crippen LogP contribution < -0.4 is 5.32 Å². The lowest BCUT2D eigenvalue weighted by Gasteiger charge is -2.25. The van der Waals surface area contributed by atoms with Crippen molar-refractivity contribution in [1.29, 1.82) is 0 Å². The highest BCUT2D eigenvalue weighted by Crippen LogP contribution is 2.27. The van der Waals surface area contributed by atoms with Crippen molar-refractivity contribution in [3.05, 3.63) is 28.2 Å². The predicted molar refractivity (Wildman–Crippen MR) is 90.8 cm³/mol. The first kappa shape index (κ1) is 18.6. The van der Waals surface area contributed by atoms with Crippen molar-refractivity contribution in [2.24, 2.45) is 0 Å². The van der Waals surface area contributed by atoms with Crippen LogP contribution in [0.3, 0.4) is 0 Å². The van der Waals surface area contributed by atoms with Gasteiger partial charge in [0.05, 0.1) is 4.90 Å². The van der Waals surface area contributed by atoms with Gasteiger partial charge >= 0.3 is 0 Å². The zero-order chi connectivity index (χ0) is 16.2. The van der Waals surface area contributed by atoms with Gasteiger partial charge in [-0.05, 0) is 47.5 Å². The highest BCUT2D eigenvalue weighted by molar-refractivity contribution is 9.10. The van der Waals surface area contributed by atoms with Gasteiger partial charge in [-0.3, -0.25) is 0 Å². The van der Waals surface area contributed by atoms with Crippen molar-refractivity contribution < 1.29 is 8.42 Å². The van der Waals surface area contributed by atoms with Crippen LogP contribution in [0.4, 0.5) is 0 Å². The van der Waals surface area contributed by atoms with Crippen molar-refractivity contribution in [1.82, 2.24) is 9.62 Å². The molecule has 0 atom stereocenters. The molecule has 120 valence electrons. The van der Waals surface area contributed by atoms with Crippen LogP contribution in [-0.4, -0.2) is 31.4 Å². The zero-order valence-electron chi connectivity index (χ0n) is 13.4. The monoisotopic (exact) mass is 376 g/mol. The normalized spacial score (nSPS) is 12.6. The molecule has 0 fully saturated rings. The van der Waals surface area contributed by atoms with Gasteiger partial charge in [0.2, 0.25) is 10.0 Å².